The van der Waals surface area contributed by atoms with Crippen molar-refractivity contribution in [3.05, 3.63) is 24.3 Å². The number of phosphoric acid groups is 1. The Morgan fingerprint density at radius 3 is 1.33 bits per heavy atom. The van der Waals surface area contributed by atoms with Gasteiger partial charge in [0.05, 0.1) is 27.7 Å². The van der Waals surface area contributed by atoms with Crippen LogP contribution in [0.2, 0.25) is 0 Å². The lowest BCUT2D eigenvalue weighted by atomic mass is 10.1. The Balaban J connectivity index is 4.26. The van der Waals surface area contributed by atoms with E-state index in [1.54, 1.807) is 0 Å². The highest BCUT2D eigenvalue weighted by molar-refractivity contribution is 7.45. The highest BCUT2D eigenvalue weighted by Gasteiger charge is 2.21. The van der Waals surface area contributed by atoms with Gasteiger partial charge in [-0.15, -0.1) is 0 Å². The number of allylic oxidation sites excluding steroid dienone is 4. The van der Waals surface area contributed by atoms with Crippen molar-refractivity contribution in [2.45, 2.75) is 219 Å². The average Bonchev–Trinajstić information content (AvgIpc) is 3.16. The lowest BCUT2D eigenvalue weighted by Crippen LogP contribution is -2.37. The number of carbonyl (C=O) groups is 2. The Hall–Kier alpha value is -1.51. The zero-order valence-electron chi connectivity index (χ0n) is 37.8. The Morgan fingerprint density at radius 2 is 0.895 bits per heavy atom. The van der Waals surface area contributed by atoms with Crippen molar-refractivity contribution in [3.63, 3.8) is 0 Å². The first-order valence-corrected chi connectivity index (χ1v) is 25.0. The van der Waals surface area contributed by atoms with E-state index in [-0.39, 0.29) is 26.1 Å². The highest BCUT2D eigenvalue weighted by Crippen LogP contribution is 2.38. The summed E-state index contributed by atoms with van der Waals surface area (Å²) in [5.41, 5.74) is 0. The third-order valence-corrected chi connectivity index (χ3v) is 11.2. The zero-order chi connectivity index (χ0) is 42.1. The molecule has 9 nitrogen and oxygen atoms in total. The first-order valence-electron chi connectivity index (χ1n) is 23.5. The van der Waals surface area contributed by atoms with Crippen LogP contribution < -0.4 is 4.89 Å². The Kier molecular flexibility index (Phi) is 38.9. The minimum Gasteiger partial charge on any atom is -0.756 e. The summed E-state index contributed by atoms with van der Waals surface area (Å²) >= 11 is 0. The van der Waals surface area contributed by atoms with Crippen LogP contribution in [0, 0.1) is 0 Å². The predicted molar refractivity (Wildman–Crippen MR) is 236 cm³/mol. The number of likely N-dealkylation sites (N-methyl/N-ethyl adjacent to an activating group) is 1. The van der Waals surface area contributed by atoms with E-state index >= 15 is 0 Å². The van der Waals surface area contributed by atoms with Crippen LogP contribution in [0.15, 0.2) is 24.3 Å². The molecule has 0 aromatic heterocycles. The van der Waals surface area contributed by atoms with Gasteiger partial charge in [-0.3, -0.25) is 14.2 Å². The molecule has 0 aromatic rings. The van der Waals surface area contributed by atoms with Crippen molar-refractivity contribution in [2.24, 2.45) is 0 Å². The summed E-state index contributed by atoms with van der Waals surface area (Å²) < 4.78 is 33.9. The minimum atomic E-state index is -4.62. The molecule has 2 unspecified atom stereocenters. The van der Waals surface area contributed by atoms with Gasteiger partial charge in [-0.25, -0.2) is 0 Å². The van der Waals surface area contributed by atoms with E-state index in [1.807, 2.05) is 21.1 Å². The van der Waals surface area contributed by atoms with E-state index in [4.69, 9.17) is 18.5 Å². The molecule has 0 heterocycles. The molecule has 10 heteroatoms. The molecule has 0 spiro atoms. The van der Waals surface area contributed by atoms with E-state index in [1.165, 1.54) is 122 Å². The molecular formula is C47H90NO8P. The standard InChI is InChI=1S/C47H90NO8P/c1-6-8-10-12-14-16-18-20-21-22-23-24-25-26-27-28-30-32-34-36-38-40-47(50)56-45(44-55-57(51,52)54-42-41-48(3,4)5)43-53-46(49)39-37-35-33-31-29-19-17-15-13-11-9-7-2/h15,17,22-23,45H,6-14,16,18-21,24-44H2,1-5H3/b17-15-,23-22-. The van der Waals surface area contributed by atoms with Gasteiger partial charge in [-0.05, 0) is 64.2 Å². The second-order valence-electron chi connectivity index (χ2n) is 17.1. The van der Waals surface area contributed by atoms with E-state index in [9.17, 15) is 19.0 Å². The van der Waals surface area contributed by atoms with Gasteiger partial charge >= 0.3 is 11.9 Å². The van der Waals surface area contributed by atoms with Gasteiger partial charge in [-0.1, -0.05) is 160 Å². The van der Waals surface area contributed by atoms with Crippen LogP contribution in [0.4, 0.5) is 0 Å². The summed E-state index contributed by atoms with van der Waals surface area (Å²) in [6, 6.07) is 0. The summed E-state index contributed by atoms with van der Waals surface area (Å²) in [7, 11) is 1.16. The number of rotatable bonds is 43. The Labute approximate surface area is 351 Å². The molecule has 0 radical (unpaired) electrons. The maximum Gasteiger partial charge on any atom is 0.306 e. The number of unbranched alkanes of at least 4 members (excludes halogenated alkanes) is 25. The molecule has 0 fully saturated rings. The summed E-state index contributed by atoms with van der Waals surface area (Å²) in [6.45, 7) is 4.21. The lowest BCUT2D eigenvalue weighted by Gasteiger charge is -2.28. The van der Waals surface area contributed by atoms with Gasteiger partial charge in [0.2, 0.25) is 0 Å². The Morgan fingerprint density at radius 1 is 0.526 bits per heavy atom. The molecule has 0 aliphatic rings. The monoisotopic (exact) mass is 828 g/mol. The molecule has 0 bridgehead atoms. The predicted octanol–water partition coefficient (Wildman–Crippen LogP) is 12.9. The van der Waals surface area contributed by atoms with Crippen LogP contribution >= 0.6 is 7.82 Å². The van der Waals surface area contributed by atoms with Crippen LogP contribution in [-0.4, -0.2) is 70.0 Å². The summed E-state index contributed by atoms with van der Waals surface area (Å²) in [4.78, 5) is 37.5. The average molecular weight is 828 g/mol. The van der Waals surface area contributed by atoms with Crippen LogP contribution in [0.5, 0.6) is 0 Å². The van der Waals surface area contributed by atoms with Crippen molar-refractivity contribution in [2.75, 3.05) is 47.5 Å². The minimum absolute atomic E-state index is 0.0312. The fourth-order valence-corrected chi connectivity index (χ4v) is 7.20. The number of hydrogen-bond donors (Lipinski definition) is 0. The van der Waals surface area contributed by atoms with E-state index in [2.05, 4.69) is 38.2 Å². The van der Waals surface area contributed by atoms with Gasteiger partial charge in [0.25, 0.3) is 7.82 Å². The molecule has 0 aliphatic carbocycles. The molecule has 2 atom stereocenters. The summed E-state index contributed by atoms with van der Waals surface area (Å²) in [6.07, 6.45) is 43.5. The molecule has 0 aliphatic heterocycles. The van der Waals surface area contributed by atoms with Crippen molar-refractivity contribution in [3.8, 4) is 0 Å². The fourth-order valence-electron chi connectivity index (χ4n) is 6.47. The molecule has 0 rings (SSSR count). The second kappa shape index (κ2) is 39.9. The first-order chi connectivity index (χ1) is 27.5. The number of carbonyl (C=O) groups excluding carboxylic acids is 2. The summed E-state index contributed by atoms with van der Waals surface area (Å²) in [5, 5.41) is 0. The molecule has 0 amide bonds. The number of ether oxygens (including phenoxy) is 2. The number of esters is 2. The van der Waals surface area contributed by atoms with E-state index in [0.29, 0.717) is 17.4 Å². The number of hydrogen-bond acceptors (Lipinski definition) is 8. The van der Waals surface area contributed by atoms with E-state index in [0.717, 1.165) is 57.8 Å². The molecule has 0 saturated carbocycles. The van der Waals surface area contributed by atoms with Crippen LogP contribution in [-0.2, 0) is 32.7 Å². The van der Waals surface area contributed by atoms with Gasteiger partial charge < -0.3 is 27.9 Å². The summed E-state index contributed by atoms with van der Waals surface area (Å²) in [5.74, 6) is -0.842. The van der Waals surface area contributed by atoms with Crippen LogP contribution in [0.3, 0.4) is 0 Å². The number of nitrogens with zero attached hydrogens (tertiary/aromatic N) is 1. The third kappa shape index (κ3) is 43.9. The van der Waals surface area contributed by atoms with Crippen LogP contribution in [0.25, 0.3) is 0 Å². The van der Waals surface area contributed by atoms with E-state index < -0.39 is 32.5 Å². The first kappa shape index (κ1) is 55.5. The quantitative estimate of drug-likeness (QED) is 0.0196. The van der Waals surface area contributed by atoms with Crippen molar-refractivity contribution in [1.82, 2.24) is 0 Å². The normalized spacial score (nSPS) is 13.7. The maximum atomic E-state index is 12.7. The second-order valence-corrected chi connectivity index (χ2v) is 18.5. The van der Waals surface area contributed by atoms with Gasteiger partial charge in [0.1, 0.15) is 19.8 Å². The molecule has 336 valence electrons. The molecule has 0 aromatic carbocycles. The smallest absolute Gasteiger partial charge is 0.306 e. The highest BCUT2D eigenvalue weighted by atomic mass is 31.2. The van der Waals surface area contributed by atoms with Crippen molar-refractivity contribution in [1.29, 1.82) is 0 Å². The van der Waals surface area contributed by atoms with Gasteiger partial charge in [0, 0.05) is 12.8 Å². The number of quaternary nitrogens is 1. The lowest BCUT2D eigenvalue weighted by molar-refractivity contribution is -0.870. The SMILES string of the molecule is CCCCC/C=C\CCCCCCCC(=O)OCC(COP(=O)([O-])OCC[N+](C)(C)C)OC(=O)CCCCCCCCCCC/C=C\CCCCCCCCCC. The molecular weight excluding hydrogens is 737 g/mol. The molecule has 0 N–H and O–H groups in total. The molecule has 57 heavy (non-hydrogen) atoms. The topological polar surface area (TPSA) is 111 Å². The van der Waals surface area contributed by atoms with Crippen molar-refractivity contribution < 1.29 is 42.1 Å². The fraction of sp³-hybridized carbons (Fsp3) is 0.872. The Bertz CT molecular complexity index is 1030. The van der Waals surface area contributed by atoms with Crippen LogP contribution in [0.1, 0.15) is 213 Å². The largest absolute Gasteiger partial charge is 0.756 e. The van der Waals surface area contributed by atoms with Gasteiger partial charge in [-0.2, -0.15) is 0 Å². The van der Waals surface area contributed by atoms with Crippen molar-refractivity contribution >= 4 is 19.8 Å². The van der Waals surface area contributed by atoms with Gasteiger partial charge in [0.15, 0.2) is 6.10 Å². The third-order valence-electron chi connectivity index (χ3n) is 10.2. The molecule has 0 saturated heterocycles. The maximum absolute atomic E-state index is 12.7. The number of phosphoric ester groups is 1. The zero-order valence-corrected chi connectivity index (χ0v) is 38.7.